The highest BCUT2D eigenvalue weighted by molar-refractivity contribution is 6.31. The van der Waals surface area contributed by atoms with Gasteiger partial charge in [0.15, 0.2) is 11.2 Å². The van der Waals surface area contributed by atoms with Gasteiger partial charge in [-0.3, -0.25) is 14.4 Å². The molecule has 14 heteroatoms. The zero-order valence-corrected chi connectivity index (χ0v) is 24.4. The van der Waals surface area contributed by atoms with Crippen molar-refractivity contribution in [3.8, 4) is 0 Å². The Labute approximate surface area is 261 Å². The number of nitrogens with one attached hydrogen (secondary N) is 1. The number of benzene rings is 3. The number of carbonyl (C=O) groups excluding carboxylic acids is 2. The Hall–Kier alpha value is -4.03. The number of likely N-dealkylation sites (tertiary alicyclic amines) is 1. The van der Waals surface area contributed by atoms with E-state index in [1.54, 1.807) is 24.3 Å². The molecule has 1 fully saturated rings. The van der Waals surface area contributed by atoms with Gasteiger partial charge in [0.05, 0.1) is 16.5 Å². The van der Waals surface area contributed by atoms with Crippen LogP contribution in [0, 0.1) is 0 Å². The summed E-state index contributed by atoms with van der Waals surface area (Å²) in [7, 11) is 0. The molecule has 1 aliphatic heterocycles. The largest absolute Gasteiger partial charge is 0.451 e. The van der Waals surface area contributed by atoms with Crippen molar-refractivity contribution in [3.05, 3.63) is 115 Å². The van der Waals surface area contributed by atoms with E-state index < -0.39 is 58.4 Å². The van der Waals surface area contributed by atoms with Crippen molar-refractivity contribution in [1.29, 1.82) is 0 Å². The van der Waals surface area contributed by atoms with E-state index in [1.807, 2.05) is 0 Å². The number of halogens is 8. The molecule has 1 aliphatic rings. The zero-order valence-electron chi connectivity index (χ0n) is 22.9. The highest BCUT2D eigenvalue weighted by atomic mass is 35.5. The van der Waals surface area contributed by atoms with Crippen LogP contribution in [0.25, 0.3) is 11.0 Å². The van der Waals surface area contributed by atoms with Gasteiger partial charge in [-0.25, -0.2) is 0 Å². The maximum Gasteiger partial charge on any atom is 0.416 e. The molecule has 1 aromatic heterocycles. The quantitative estimate of drug-likeness (QED) is 0.220. The lowest BCUT2D eigenvalue weighted by molar-refractivity contribution is -0.143. The lowest BCUT2D eigenvalue weighted by Crippen LogP contribution is -2.52. The molecule has 1 N–H and O–H groups in total. The number of rotatable bonds is 5. The number of hydrogen-bond acceptors (Lipinski definition) is 4. The second-order valence-corrected chi connectivity index (χ2v) is 11.5. The van der Waals surface area contributed by atoms with Crippen LogP contribution < -0.4 is 10.7 Å². The summed E-state index contributed by atoms with van der Waals surface area (Å²) in [4.78, 5) is 40.4. The number of carbonyl (C=O) groups is 2. The summed E-state index contributed by atoms with van der Waals surface area (Å²) in [5, 5.41) is 3.70. The van der Waals surface area contributed by atoms with Gasteiger partial charge in [-0.15, -0.1) is 0 Å². The van der Waals surface area contributed by atoms with Crippen LogP contribution in [-0.4, -0.2) is 35.3 Å². The van der Waals surface area contributed by atoms with E-state index in [4.69, 9.17) is 27.6 Å². The molecule has 0 saturated carbocycles. The molecule has 2 heterocycles. The van der Waals surface area contributed by atoms with Gasteiger partial charge in [0.2, 0.25) is 0 Å². The number of amides is 2. The number of alkyl halides is 6. The lowest BCUT2D eigenvalue weighted by Gasteiger charge is -2.40. The van der Waals surface area contributed by atoms with Gasteiger partial charge >= 0.3 is 12.4 Å². The summed E-state index contributed by atoms with van der Waals surface area (Å²) in [6.07, 6.45) is -9.89. The summed E-state index contributed by atoms with van der Waals surface area (Å²) in [5.74, 6) is -2.03. The minimum absolute atomic E-state index is 0.0388. The van der Waals surface area contributed by atoms with Gasteiger partial charge in [0.1, 0.15) is 5.58 Å². The molecule has 0 radical (unpaired) electrons. The molecular formula is C31H22Cl2F6N2O4. The van der Waals surface area contributed by atoms with E-state index in [2.05, 4.69) is 5.32 Å². The molecule has 4 aromatic rings. The van der Waals surface area contributed by atoms with Crippen molar-refractivity contribution < 1.29 is 40.3 Å². The monoisotopic (exact) mass is 670 g/mol. The van der Waals surface area contributed by atoms with Gasteiger partial charge in [-0.2, -0.15) is 26.3 Å². The third-order valence-electron chi connectivity index (χ3n) is 7.45. The predicted octanol–water partition coefficient (Wildman–Crippen LogP) is 7.78. The fourth-order valence-electron chi connectivity index (χ4n) is 5.28. The summed E-state index contributed by atoms with van der Waals surface area (Å²) in [6.45, 7) is -0.100. The Balaban J connectivity index is 1.43. The maximum absolute atomic E-state index is 13.6. The molecule has 2 atom stereocenters. The summed E-state index contributed by atoms with van der Waals surface area (Å²) < 4.78 is 86.6. The predicted molar refractivity (Wildman–Crippen MR) is 154 cm³/mol. The first-order chi connectivity index (χ1) is 21.1. The minimum Gasteiger partial charge on any atom is -0.451 e. The summed E-state index contributed by atoms with van der Waals surface area (Å²) in [5.41, 5.74) is -3.66. The van der Waals surface area contributed by atoms with Crippen molar-refractivity contribution in [2.75, 3.05) is 6.54 Å². The topological polar surface area (TPSA) is 79.6 Å². The van der Waals surface area contributed by atoms with Gasteiger partial charge < -0.3 is 14.6 Å². The first-order valence-electron chi connectivity index (χ1n) is 13.5. The Morgan fingerprint density at radius 2 is 1.49 bits per heavy atom. The van der Waals surface area contributed by atoms with Crippen LogP contribution in [0.2, 0.25) is 10.0 Å². The molecule has 0 aliphatic carbocycles. The molecule has 0 spiro atoms. The van der Waals surface area contributed by atoms with Gasteiger partial charge in [-0.05, 0) is 67.3 Å². The molecule has 1 saturated heterocycles. The van der Waals surface area contributed by atoms with Gasteiger partial charge in [0, 0.05) is 46.4 Å². The first-order valence-corrected chi connectivity index (χ1v) is 14.2. The van der Waals surface area contributed by atoms with Crippen LogP contribution >= 0.6 is 23.2 Å². The third-order valence-corrected chi connectivity index (χ3v) is 7.93. The molecular weight excluding hydrogens is 649 g/mol. The van der Waals surface area contributed by atoms with Crippen molar-refractivity contribution >= 4 is 46.0 Å². The second kappa shape index (κ2) is 12.4. The smallest absolute Gasteiger partial charge is 0.416 e. The van der Waals surface area contributed by atoms with E-state index in [0.717, 1.165) is 6.07 Å². The lowest BCUT2D eigenvalue weighted by atomic mass is 9.91. The van der Waals surface area contributed by atoms with Crippen LogP contribution in [-0.2, 0) is 18.8 Å². The van der Waals surface area contributed by atoms with E-state index in [-0.39, 0.29) is 53.6 Å². The van der Waals surface area contributed by atoms with E-state index in [9.17, 15) is 40.7 Å². The highest BCUT2D eigenvalue weighted by Gasteiger charge is 2.39. The Morgan fingerprint density at radius 1 is 0.867 bits per heavy atom. The fraction of sp³-hybridized carbons (Fsp3) is 0.258. The normalized spacial score (nSPS) is 17.4. The standard InChI is InChI=1S/C31H22Cl2F6N2O4/c32-20-3-1-16(2-4-20)9-23-14-22(40-28(43)27-15-25(42)24-6-5-21(33)13-26(24)45-27)7-8-41(23)29(44)17-10-18(30(34,35)36)12-19(11-17)31(37,38)39/h1-6,10-13,15,22-23H,7-9,14H2,(H,40,43). The van der Waals surface area contributed by atoms with Crippen molar-refractivity contribution in [1.82, 2.24) is 10.2 Å². The Bertz CT molecular complexity index is 1790. The molecule has 236 valence electrons. The SMILES string of the molecule is O=C(NC1CCN(C(=O)c2cc(C(F)(F)F)cc(C(F)(F)F)c2)C(Cc2ccc(Cl)cc2)C1)c1cc(=O)c2ccc(Cl)cc2o1. The molecule has 3 aromatic carbocycles. The van der Waals surface area contributed by atoms with Crippen LogP contribution in [0.4, 0.5) is 26.3 Å². The van der Waals surface area contributed by atoms with Crippen LogP contribution in [0.15, 0.2) is 75.9 Å². The molecule has 2 amide bonds. The van der Waals surface area contributed by atoms with Gasteiger partial charge in [0.25, 0.3) is 11.8 Å². The van der Waals surface area contributed by atoms with E-state index in [1.165, 1.54) is 23.1 Å². The third kappa shape index (κ3) is 7.45. The Kier molecular flexibility index (Phi) is 8.92. The maximum atomic E-state index is 13.6. The van der Waals surface area contributed by atoms with Crippen molar-refractivity contribution in [3.63, 3.8) is 0 Å². The van der Waals surface area contributed by atoms with E-state index in [0.29, 0.717) is 22.7 Å². The summed E-state index contributed by atoms with van der Waals surface area (Å²) >= 11 is 12.0. The van der Waals surface area contributed by atoms with Crippen LogP contribution in [0.5, 0.6) is 0 Å². The van der Waals surface area contributed by atoms with Crippen LogP contribution in [0.1, 0.15) is 50.4 Å². The summed E-state index contributed by atoms with van der Waals surface area (Å²) in [6, 6.07) is 11.4. The Morgan fingerprint density at radius 3 is 2.11 bits per heavy atom. The van der Waals surface area contributed by atoms with E-state index >= 15 is 0 Å². The first kappa shape index (κ1) is 32.4. The number of piperidine rings is 1. The molecule has 5 rings (SSSR count). The average Bonchev–Trinajstić information content (AvgIpc) is 2.96. The van der Waals surface area contributed by atoms with Crippen LogP contribution in [0.3, 0.4) is 0 Å². The van der Waals surface area contributed by atoms with Gasteiger partial charge in [-0.1, -0.05) is 35.3 Å². The van der Waals surface area contributed by atoms with Crippen molar-refractivity contribution in [2.24, 2.45) is 0 Å². The number of hydrogen-bond donors (Lipinski definition) is 1. The molecule has 2 unspecified atom stereocenters. The fourth-order valence-corrected chi connectivity index (χ4v) is 5.57. The minimum atomic E-state index is -5.13. The average molecular weight is 671 g/mol. The zero-order chi connectivity index (χ0) is 32.7. The molecule has 45 heavy (non-hydrogen) atoms. The van der Waals surface area contributed by atoms with Crippen molar-refractivity contribution in [2.45, 2.75) is 43.7 Å². The molecule has 6 nitrogen and oxygen atoms in total. The molecule has 0 bridgehead atoms. The highest BCUT2D eigenvalue weighted by Crippen LogP contribution is 2.37. The number of nitrogens with zero attached hydrogens (tertiary/aromatic N) is 1. The second-order valence-electron chi connectivity index (χ2n) is 10.6. The number of fused-ring (bicyclic) bond motifs is 1.